The highest BCUT2D eigenvalue weighted by molar-refractivity contribution is 5.67. The number of amides is 1. The van der Waals surface area contributed by atoms with Crippen LogP contribution in [0.5, 0.6) is 0 Å². The van der Waals surface area contributed by atoms with Crippen LogP contribution in [0.4, 0.5) is 4.79 Å². The van der Waals surface area contributed by atoms with Crippen molar-refractivity contribution in [3.05, 3.63) is 18.2 Å². The molecule has 5 nitrogen and oxygen atoms in total. The first-order chi connectivity index (χ1) is 9.85. The Hall–Kier alpha value is -1.52. The van der Waals surface area contributed by atoms with Crippen LogP contribution >= 0.6 is 0 Å². The first-order valence-corrected chi connectivity index (χ1v) is 7.81. The molecule has 0 saturated heterocycles. The Bertz CT molecular complexity index is 431. The first kappa shape index (κ1) is 17.5. The Labute approximate surface area is 128 Å². The second-order valence-electron chi connectivity index (χ2n) is 6.40. The van der Waals surface area contributed by atoms with Crippen molar-refractivity contribution in [3.63, 3.8) is 0 Å². The van der Waals surface area contributed by atoms with Crippen molar-refractivity contribution in [1.29, 1.82) is 0 Å². The fraction of sp³-hybridized carbons (Fsp3) is 0.750. The molecule has 0 unspecified atom stereocenters. The highest BCUT2D eigenvalue weighted by Crippen LogP contribution is 2.13. The number of hydrogen-bond acceptors (Lipinski definition) is 3. The van der Waals surface area contributed by atoms with Crippen molar-refractivity contribution in [2.24, 2.45) is 5.92 Å². The molecule has 0 spiro atoms. The summed E-state index contributed by atoms with van der Waals surface area (Å²) in [5.74, 6) is 0.678. The van der Waals surface area contributed by atoms with Gasteiger partial charge in [-0.25, -0.2) is 9.78 Å². The lowest BCUT2D eigenvalue weighted by atomic mass is 10.0. The van der Waals surface area contributed by atoms with Crippen molar-refractivity contribution in [2.75, 3.05) is 6.54 Å². The van der Waals surface area contributed by atoms with Crippen LogP contribution in [0.25, 0.3) is 0 Å². The highest BCUT2D eigenvalue weighted by atomic mass is 16.6. The summed E-state index contributed by atoms with van der Waals surface area (Å²) in [6.45, 7) is 11.6. The Morgan fingerprint density at radius 3 is 2.62 bits per heavy atom. The third kappa shape index (κ3) is 6.65. The smallest absolute Gasteiger partial charge is 0.407 e. The first-order valence-electron chi connectivity index (χ1n) is 7.81. The second-order valence-corrected chi connectivity index (χ2v) is 6.40. The molecular weight excluding hydrogens is 266 g/mol. The maximum absolute atomic E-state index is 11.6. The van der Waals surface area contributed by atoms with Gasteiger partial charge in [-0.2, -0.15) is 0 Å². The molecule has 1 rings (SSSR count). The summed E-state index contributed by atoms with van der Waals surface area (Å²) in [6.07, 6.45) is 6.49. The number of nitrogens with one attached hydrogen (secondary N) is 1. The summed E-state index contributed by atoms with van der Waals surface area (Å²) < 4.78 is 7.40. The molecule has 0 bridgehead atoms. The Morgan fingerprint density at radius 1 is 1.38 bits per heavy atom. The number of hydrogen-bond donors (Lipinski definition) is 1. The summed E-state index contributed by atoms with van der Waals surface area (Å²) in [5.41, 5.74) is 0.694. The Kier molecular flexibility index (Phi) is 6.72. The van der Waals surface area contributed by atoms with E-state index in [9.17, 15) is 4.79 Å². The van der Waals surface area contributed by atoms with Crippen LogP contribution in [0.3, 0.4) is 0 Å². The predicted molar refractivity (Wildman–Crippen MR) is 84.2 cm³/mol. The van der Waals surface area contributed by atoms with Crippen LogP contribution in [0, 0.1) is 5.92 Å². The zero-order valence-corrected chi connectivity index (χ0v) is 14.0. The van der Waals surface area contributed by atoms with Crippen LogP contribution in [-0.2, 0) is 17.7 Å². The van der Waals surface area contributed by atoms with Gasteiger partial charge in [0.25, 0.3) is 0 Å². The molecule has 5 heteroatoms. The lowest BCUT2D eigenvalue weighted by Gasteiger charge is -2.20. The quantitative estimate of drug-likeness (QED) is 0.839. The number of aromatic nitrogens is 2. The predicted octanol–water partition coefficient (Wildman–Crippen LogP) is 3.39. The molecule has 0 saturated carbocycles. The molecule has 0 aliphatic heterocycles. The summed E-state index contributed by atoms with van der Waals surface area (Å²) >= 11 is 0. The van der Waals surface area contributed by atoms with E-state index in [-0.39, 0.29) is 6.09 Å². The Morgan fingerprint density at radius 2 is 2.05 bits per heavy atom. The number of nitrogens with zero attached hydrogens (tertiary/aromatic N) is 2. The van der Waals surface area contributed by atoms with Gasteiger partial charge in [0, 0.05) is 31.4 Å². The van der Waals surface area contributed by atoms with Crippen LogP contribution < -0.4 is 5.32 Å². The minimum Gasteiger partial charge on any atom is -0.444 e. The normalized spacial score (nSPS) is 11.7. The standard InChI is InChI=1S/C16H29N3O2/c1-6-13(7-2)11-19-12-17-10-14(19)8-9-18-15(20)21-16(3,4)5/h10,12-13H,6-9,11H2,1-5H3,(H,18,20). The molecule has 0 aliphatic rings. The van der Waals surface area contributed by atoms with Gasteiger partial charge in [0.1, 0.15) is 5.60 Å². The van der Waals surface area contributed by atoms with Crippen LogP contribution in [0.2, 0.25) is 0 Å². The lowest BCUT2D eigenvalue weighted by molar-refractivity contribution is 0.0528. The summed E-state index contributed by atoms with van der Waals surface area (Å²) in [5, 5.41) is 2.78. The third-order valence-corrected chi connectivity index (χ3v) is 3.46. The highest BCUT2D eigenvalue weighted by Gasteiger charge is 2.15. The van der Waals surface area contributed by atoms with E-state index in [1.807, 2.05) is 33.3 Å². The van der Waals surface area contributed by atoms with E-state index in [1.54, 1.807) is 0 Å². The molecular formula is C16H29N3O2. The van der Waals surface area contributed by atoms with Gasteiger partial charge < -0.3 is 14.6 Å². The van der Waals surface area contributed by atoms with Gasteiger partial charge in [0.2, 0.25) is 0 Å². The van der Waals surface area contributed by atoms with Gasteiger partial charge in [0.15, 0.2) is 0 Å². The number of carbonyl (C=O) groups excluding carboxylic acids is 1. The molecule has 120 valence electrons. The van der Waals surface area contributed by atoms with E-state index in [4.69, 9.17) is 4.74 Å². The molecule has 1 aromatic rings. The lowest BCUT2D eigenvalue weighted by Crippen LogP contribution is -2.33. The molecule has 21 heavy (non-hydrogen) atoms. The zero-order chi connectivity index (χ0) is 15.9. The number of alkyl carbamates (subject to hydrolysis) is 1. The van der Waals surface area contributed by atoms with Crippen molar-refractivity contribution < 1.29 is 9.53 Å². The molecule has 0 radical (unpaired) electrons. The maximum atomic E-state index is 11.6. The van der Waals surface area contributed by atoms with Crippen molar-refractivity contribution in [3.8, 4) is 0 Å². The van der Waals surface area contributed by atoms with Gasteiger partial charge >= 0.3 is 6.09 Å². The summed E-state index contributed by atoms with van der Waals surface area (Å²) in [7, 11) is 0. The number of imidazole rings is 1. The van der Waals surface area contributed by atoms with Crippen LogP contribution in [-0.4, -0.2) is 27.8 Å². The van der Waals surface area contributed by atoms with Crippen molar-refractivity contribution in [2.45, 2.75) is 66.0 Å². The zero-order valence-electron chi connectivity index (χ0n) is 14.0. The summed E-state index contributed by atoms with van der Waals surface area (Å²) in [4.78, 5) is 15.8. The number of rotatable bonds is 7. The van der Waals surface area contributed by atoms with Crippen molar-refractivity contribution in [1.82, 2.24) is 14.9 Å². The maximum Gasteiger partial charge on any atom is 0.407 e. The molecule has 0 fully saturated rings. The van der Waals surface area contributed by atoms with E-state index in [0.717, 1.165) is 18.7 Å². The van der Waals surface area contributed by atoms with Crippen molar-refractivity contribution >= 4 is 6.09 Å². The topological polar surface area (TPSA) is 56.2 Å². The molecule has 1 aromatic heterocycles. The van der Waals surface area contributed by atoms with E-state index >= 15 is 0 Å². The molecule has 1 amide bonds. The average molecular weight is 295 g/mol. The van der Waals surface area contributed by atoms with Gasteiger partial charge in [-0.3, -0.25) is 0 Å². The largest absolute Gasteiger partial charge is 0.444 e. The van der Waals surface area contributed by atoms with Crippen LogP contribution in [0.1, 0.15) is 53.2 Å². The molecule has 1 N–H and O–H groups in total. The summed E-state index contributed by atoms with van der Waals surface area (Å²) in [6, 6.07) is 0. The molecule has 1 heterocycles. The number of carbonyl (C=O) groups is 1. The van der Waals surface area contributed by atoms with E-state index in [1.165, 1.54) is 12.8 Å². The monoisotopic (exact) mass is 295 g/mol. The Balaban J connectivity index is 2.43. The third-order valence-electron chi connectivity index (χ3n) is 3.46. The SMILES string of the molecule is CCC(CC)Cn1cncc1CCNC(=O)OC(C)(C)C. The van der Waals surface area contributed by atoms with Gasteiger partial charge in [-0.1, -0.05) is 26.7 Å². The van der Waals surface area contributed by atoms with E-state index in [0.29, 0.717) is 12.5 Å². The minimum atomic E-state index is -0.457. The van der Waals surface area contributed by atoms with E-state index in [2.05, 4.69) is 28.7 Å². The fourth-order valence-corrected chi connectivity index (χ4v) is 2.15. The second kappa shape index (κ2) is 8.05. The molecule has 0 atom stereocenters. The average Bonchev–Trinajstić information content (AvgIpc) is 2.81. The molecule has 0 aromatic carbocycles. The van der Waals surface area contributed by atoms with E-state index < -0.39 is 5.60 Å². The van der Waals surface area contributed by atoms with Gasteiger partial charge in [0.05, 0.1) is 6.33 Å². The minimum absolute atomic E-state index is 0.367. The number of ether oxygens (including phenoxy) is 1. The van der Waals surface area contributed by atoms with Gasteiger partial charge in [-0.05, 0) is 26.7 Å². The fourth-order valence-electron chi connectivity index (χ4n) is 2.15. The molecule has 0 aliphatic carbocycles. The van der Waals surface area contributed by atoms with Crippen LogP contribution in [0.15, 0.2) is 12.5 Å². The van der Waals surface area contributed by atoms with Gasteiger partial charge in [-0.15, -0.1) is 0 Å².